The third kappa shape index (κ3) is 2.80. The molecule has 6 heteroatoms. The molecule has 2 heterocycles. The first-order valence-corrected chi connectivity index (χ1v) is 6.51. The molecule has 0 aromatic carbocycles. The van der Waals surface area contributed by atoms with Crippen LogP contribution in [0.25, 0.3) is 0 Å². The molecule has 0 fully saturated rings. The van der Waals surface area contributed by atoms with E-state index < -0.39 is 0 Å². The van der Waals surface area contributed by atoms with Gasteiger partial charge in [-0.3, -0.25) is 10.5 Å². The third-order valence-corrected chi connectivity index (χ3v) is 3.15. The molecule has 1 unspecified atom stereocenters. The summed E-state index contributed by atoms with van der Waals surface area (Å²) >= 11 is 0. The second-order valence-corrected chi connectivity index (χ2v) is 4.47. The van der Waals surface area contributed by atoms with Crippen LogP contribution in [0.1, 0.15) is 42.4 Å². The lowest BCUT2D eigenvalue weighted by Gasteiger charge is -2.17. The van der Waals surface area contributed by atoms with E-state index >= 15 is 0 Å². The Morgan fingerprint density at radius 2 is 2.16 bits per heavy atom. The molecule has 19 heavy (non-hydrogen) atoms. The zero-order valence-electron chi connectivity index (χ0n) is 11.6. The van der Waals surface area contributed by atoms with Gasteiger partial charge in [0.1, 0.15) is 0 Å². The van der Waals surface area contributed by atoms with Gasteiger partial charge >= 0.3 is 0 Å². The van der Waals surface area contributed by atoms with E-state index in [4.69, 9.17) is 5.84 Å². The van der Waals surface area contributed by atoms with E-state index in [1.54, 1.807) is 0 Å². The molecule has 0 aliphatic rings. The molecule has 0 spiro atoms. The number of aryl methyl sites for hydroxylation is 3. The van der Waals surface area contributed by atoms with Gasteiger partial charge in [0.15, 0.2) is 0 Å². The van der Waals surface area contributed by atoms with Crippen LogP contribution >= 0.6 is 0 Å². The molecule has 0 aliphatic carbocycles. The van der Waals surface area contributed by atoms with Crippen molar-refractivity contribution in [1.82, 2.24) is 25.4 Å². The number of nitrogens with one attached hydrogen (secondary N) is 1. The summed E-state index contributed by atoms with van der Waals surface area (Å²) in [6.45, 7) is 6.88. The van der Waals surface area contributed by atoms with Gasteiger partial charge < -0.3 is 0 Å². The standard InChI is InChI=1S/C13H20N6/c1-4-12-11(6-9(3)17-18-12)13(16-14)10-7-15-19(5-2)8-10/h6-8,13,16H,4-5,14H2,1-3H3. The highest BCUT2D eigenvalue weighted by molar-refractivity contribution is 5.32. The van der Waals surface area contributed by atoms with Crippen LogP contribution in [-0.4, -0.2) is 20.0 Å². The normalized spacial score (nSPS) is 12.6. The van der Waals surface area contributed by atoms with Crippen molar-refractivity contribution in [3.63, 3.8) is 0 Å². The van der Waals surface area contributed by atoms with Gasteiger partial charge in [0.25, 0.3) is 0 Å². The molecule has 6 nitrogen and oxygen atoms in total. The fourth-order valence-electron chi connectivity index (χ4n) is 2.13. The van der Waals surface area contributed by atoms with Gasteiger partial charge in [-0.2, -0.15) is 15.3 Å². The summed E-state index contributed by atoms with van der Waals surface area (Å²) in [6, 6.07) is 1.92. The number of rotatable bonds is 5. The van der Waals surface area contributed by atoms with Crippen LogP contribution < -0.4 is 11.3 Å². The van der Waals surface area contributed by atoms with Crippen LogP contribution in [0.3, 0.4) is 0 Å². The lowest BCUT2D eigenvalue weighted by Crippen LogP contribution is -2.30. The Bertz CT molecular complexity index is 548. The Labute approximate surface area is 113 Å². The van der Waals surface area contributed by atoms with E-state index in [9.17, 15) is 0 Å². The van der Waals surface area contributed by atoms with Crippen molar-refractivity contribution >= 4 is 0 Å². The first kappa shape index (κ1) is 13.6. The number of nitrogens with two attached hydrogens (primary N) is 1. The minimum atomic E-state index is -0.107. The molecule has 102 valence electrons. The Hall–Kier alpha value is -1.79. The zero-order valence-corrected chi connectivity index (χ0v) is 11.6. The Morgan fingerprint density at radius 3 is 2.74 bits per heavy atom. The minimum absolute atomic E-state index is 0.107. The summed E-state index contributed by atoms with van der Waals surface area (Å²) in [5.41, 5.74) is 6.79. The largest absolute Gasteiger partial charge is 0.273 e. The predicted octanol–water partition coefficient (Wildman–Crippen LogP) is 1.12. The van der Waals surface area contributed by atoms with Crippen molar-refractivity contribution in [2.45, 2.75) is 39.8 Å². The number of hydrogen-bond acceptors (Lipinski definition) is 5. The minimum Gasteiger partial charge on any atom is -0.273 e. The molecule has 0 saturated heterocycles. The van der Waals surface area contributed by atoms with E-state index in [0.717, 1.165) is 35.5 Å². The summed E-state index contributed by atoms with van der Waals surface area (Å²) in [4.78, 5) is 0. The third-order valence-electron chi connectivity index (χ3n) is 3.15. The van der Waals surface area contributed by atoms with Crippen LogP contribution in [0.2, 0.25) is 0 Å². The molecule has 2 aromatic rings. The van der Waals surface area contributed by atoms with Gasteiger partial charge in [-0.05, 0) is 26.3 Å². The first-order chi connectivity index (χ1) is 9.19. The van der Waals surface area contributed by atoms with E-state index in [1.807, 2.05) is 30.1 Å². The van der Waals surface area contributed by atoms with Crippen molar-refractivity contribution < 1.29 is 0 Å². The van der Waals surface area contributed by atoms with E-state index in [-0.39, 0.29) is 6.04 Å². The van der Waals surface area contributed by atoms with E-state index in [2.05, 4.69) is 34.6 Å². The molecule has 0 saturated carbocycles. The molecule has 0 amide bonds. The van der Waals surface area contributed by atoms with Gasteiger partial charge in [-0.25, -0.2) is 5.43 Å². The van der Waals surface area contributed by atoms with Crippen LogP contribution in [0.15, 0.2) is 18.5 Å². The fraction of sp³-hybridized carbons (Fsp3) is 0.462. The van der Waals surface area contributed by atoms with Gasteiger partial charge in [0.2, 0.25) is 0 Å². The molecule has 0 bridgehead atoms. The molecule has 2 rings (SSSR count). The maximum Gasteiger partial charge on any atom is 0.0759 e. The predicted molar refractivity (Wildman–Crippen MR) is 73.2 cm³/mol. The fourth-order valence-corrected chi connectivity index (χ4v) is 2.13. The number of aromatic nitrogens is 4. The molecular weight excluding hydrogens is 240 g/mol. The van der Waals surface area contributed by atoms with Crippen molar-refractivity contribution in [3.05, 3.63) is 41.0 Å². The number of hydrazine groups is 1. The second kappa shape index (κ2) is 5.90. The van der Waals surface area contributed by atoms with Gasteiger partial charge in [-0.15, -0.1) is 0 Å². The SMILES string of the molecule is CCc1nnc(C)cc1C(NN)c1cnn(CC)c1. The molecule has 0 radical (unpaired) electrons. The quantitative estimate of drug-likeness (QED) is 0.622. The topological polar surface area (TPSA) is 81.7 Å². The lowest BCUT2D eigenvalue weighted by atomic mass is 9.99. The zero-order chi connectivity index (χ0) is 13.8. The van der Waals surface area contributed by atoms with Crippen molar-refractivity contribution in [2.75, 3.05) is 0 Å². The molecule has 1 atom stereocenters. The van der Waals surface area contributed by atoms with Crippen LogP contribution in [-0.2, 0) is 13.0 Å². The smallest absolute Gasteiger partial charge is 0.0759 e. The van der Waals surface area contributed by atoms with Gasteiger partial charge in [0.05, 0.1) is 23.6 Å². The van der Waals surface area contributed by atoms with E-state index in [0.29, 0.717) is 0 Å². The van der Waals surface area contributed by atoms with Gasteiger partial charge in [-0.1, -0.05) is 6.92 Å². The summed E-state index contributed by atoms with van der Waals surface area (Å²) in [5, 5.41) is 12.6. The van der Waals surface area contributed by atoms with Gasteiger partial charge in [0, 0.05) is 23.9 Å². The number of nitrogens with zero attached hydrogens (tertiary/aromatic N) is 4. The maximum atomic E-state index is 5.73. The van der Waals surface area contributed by atoms with E-state index in [1.165, 1.54) is 0 Å². The van der Waals surface area contributed by atoms with Crippen LogP contribution in [0.5, 0.6) is 0 Å². The van der Waals surface area contributed by atoms with Crippen molar-refractivity contribution in [3.8, 4) is 0 Å². The number of hydrogen-bond donors (Lipinski definition) is 2. The average Bonchev–Trinajstić information content (AvgIpc) is 2.89. The van der Waals surface area contributed by atoms with Crippen molar-refractivity contribution in [2.24, 2.45) is 5.84 Å². The summed E-state index contributed by atoms with van der Waals surface area (Å²) < 4.78 is 1.88. The molecule has 0 aliphatic heterocycles. The second-order valence-electron chi connectivity index (χ2n) is 4.47. The Balaban J connectivity index is 2.43. The van der Waals surface area contributed by atoms with Crippen LogP contribution in [0, 0.1) is 6.92 Å². The Kier molecular flexibility index (Phi) is 4.24. The van der Waals surface area contributed by atoms with Crippen molar-refractivity contribution in [1.29, 1.82) is 0 Å². The summed E-state index contributed by atoms with van der Waals surface area (Å²) in [5.74, 6) is 5.73. The maximum absolute atomic E-state index is 5.73. The average molecular weight is 260 g/mol. The highest BCUT2D eigenvalue weighted by atomic mass is 15.3. The lowest BCUT2D eigenvalue weighted by molar-refractivity contribution is 0.617. The molecule has 3 N–H and O–H groups in total. The Morgan fingerprint density at radius 1 is 1.37 bits per heavy atom. The highest BCUT2D eigenvalue weighted by Crippen LogP contribution is 2.23. The molecular formula is C13H20N6. The summed E-state index contributed by atoms with van der Waals surface area (Å²) in [6.07, 6.45) is 4.66. The highest BCUT2D eigenvalue weighted by Gasteiger charge is 2.18. The monoisotopic (exact) mass is 260 g/mol. The van der Waals surface area contributed by atoms with Crippen LogP contribution in [0.4, 0.5) is 0 Å². The molecule has 2 aromatic heterocycles. The first-order valence-electron chi connectivity index (χ1n) is 6.51. The summed E-state index contributed by atoms with van der Waals surface area (Å²) in [7, 11) is 0.